The first-order valence-electron chi connectivity index (χ1n) is 6.63. The number of aromatic nitrogens is 2. The molecule has 1 amide bonds. The van der Waals surface area contributed by atoms with Crippen LogP contribution < -0.4 is 5.73 Å². The van der Waals surface area contributed by atoms with Gasteiger partial charge in [-0.05, 0) is 24.7 Å². The molecule has 5 heteroatoms. The number of likely N-dealkylation sites (tertiary alicyclic amines) is 1. The van der Waals surface area contributed by atoms with Gasteiger partial charge in [-0.3, -0.25) is 9.89 Å². The van der Waals surface area contributed by atoms with Crippen LogP contribution in [0.2, 0.25) is 0 Å². The Morgan fingerprint density at radius 1 is 1.56 bits per heavy atom. The van der Waals surface area contributed by atoms with Gasteiger partial charge in [0.05, 0.1) is 11.4 Å². The van der Waals surface area contributed by atoms with Gasteiger partial charge in [0.2, 0.25) is 0 Å². The number of carbonyl (C=O) groups excluding carboxylic acids is 1. The van der Waals surface area contributed by atoms with Gasteiger partial charge in [0, 0.05) is 13.1 Å². The van der Waals surface area contributed by atoms with E-state index in [-0.39, 0.29) is 11.8 Å². The number of aromatic amines is 1. The molecular formula is C13H22N4O. The Hall–Kier alpha value is -1.52. The molecule has 1 aromatic rings. The number of carbonyl (C=O) groups is 1. The topological polar surface area (TPSA) is 75.0 Å². The lowest BCUT2D eigenvalue weighted by molar-refractivity contribution is 0.0678. The van der Waals surface area contributed by atoms with Crippen LogP contribution in [0.25, 0.3) is 0 Å². The van der Waals surface area contributed by atoms with Crippen LogP contribution in [0.4, 0.5) is 5.69 Å². The Morgan fingerprint density at radius 3 is 2.83 bits per heavy atom. The monoisotopic (exact) mass is 250 g/mol. The molecule has 2 rings (SSSR count). The molecule has 0 aliphatic carbocycles. The van der Waals surface area contributed by atoms with Crippen LogP contribution in [0.15, 0.2) is 0 Å². The molecule has 1 fully saturated rings. The Balaban J connectivity index is 2.18. The minimum atomic E-state index is -0.0396. The van der Waals surface area contributed by atoms with Crippen molar-refractivity contribution in [2.75, 3.05) is 18.8 Å². The maximum atomic E-state index is 12.4. The SMILES string of the molecule is CC1CCCN(C(=O)c2n[nH]c(C(C)C)c2N)C1. The summed E-state index contributed by atoms with van der Waals surface area (Å²) in [5, 5.41) is 6.98. The molecule has 100 valence electrons. The molecule has 3 N–H and O–H groups in total. The van der Waals surface area contributed by atoms with E-state index >= 15 is 0 Å². The van der Waals surface area contributed by atoms with Gasteiger partial charge < -0.3 is 10.6 Å². The van der Waals surface area contributed by atoms with Crippen molar-refractivity contribution in [2.45, 2.75) is 39.5 Å². The summed E-state index contributed by atoms with van der Waals surface area (Å²) in [5.74, 6) is 0.772. The van der Waals surface area contributed by atoms with Crippen LogP contribution in [0.3, 0.4) is 0 Å². The quantitative estimate of drug-likeness (QED) is 0.842. The van der Waals surface area contributed by atoms with Crippen LogP contribution in [0.5, 0.6) is 0 Å². The van der Waals surface area contributed by atoms with Gasteiger partial charge in [0.25, 0.3) is 5.91 Å². The zero-order valence-electron chi connectivity index (χ0n) is 11.4. The van der Waals surface area contributed by atoms with Crippen molar-refractivity contribution in [1.29, 1.82) is 0 Å². The van der Waals surface area contributed by atoms with Crippen molar-refractivity contribution >= 4 is 11.6 Å². The van der Waals surface area contributed by atoms with Crippen molar-refractivity contribution in [2.24, 2.45) is 5.92 Å². The number of amides is 1. The smallest absolute Gasteiger partial charge is 0.276 e. The normalized spacial score (nSPS) is 20.4. The number of piperidine rings is 1. The molecule has 1 atom stereocenters. The number of rotatable bonds is 2. The van der Waals surface area contributed by atoms with Gasteiger partial charge in [0.15, 0.2) is 5.69 Å². The highest BCUT2D eigenvalue weighted by Gasteiger charge is 2.26. The second-order valence-corrected chi connectivity index (χ2v) is 5.55. The Morgan fingerprint density at radius 2 is 2.28 bits per heavy atom. The maximum Gasteiger partial charge on any atom is 0.276 e. The molecule has 2 heterocycles. The molecule has 0 radical (unpaired) electrons. The van der Waals surface area contributed by atoms with Crippen LogP contribution in [0, 0.1) is 5.92 Å². The van der Waals surface area contributed by atoms with Crippen molar-refractivity contribution in [1.82, 2.24) is 15.1 Å². The van der Waals surface area contributed by atoms with Crippen molar-refractivity contribution in [3.05, 3.63) is 11.4 Å². The fourth-order valence-corrected chi connectivity index (χ4v) is 2.49. The van der Waals surface area contributed by atoms with Crippen LogP contribution in [0.1, 0.15) is 55.7 Å². The lowest BCUT2D eigenvalue weighted by Gasteiger charge is -2.30. The van der Waals surface area contributed by atoms with Crippen LogP contribution in [-0.4, -0.2) is 34.1 Å². The minimum absolute atomic E-state index is 0.0396. The highest BCUT2D eigenvalue weighted by molar-refractivity contribution is 5.97. The molecule has 1 aliphatic heterocycles. The number of nitrogens with zero attached hydrogens (tertiary/aromatic N) is 2. The fourth-order valence-electron chi connectivity index (χ4n) is 2.49. The molecule has 0 aromatic carbocycles. The highest BCUT2D eigenvalue weighted by Crippen LogP contribution is 2.24. The van der Waals surface area contributed by atoms with E-state index in [4.69, 9.17) is 5.73 Å². The van der Waals surface area contributed by atoms with Crippen molar-refractivity contribution in [3.63, 3.8) is 0 Å². The van der Waals surface area contributed by atoms with Gasteiger partial charge in [-0.1, -0.05) is 20.8 Å². The summed E-state index contributed by atoms with van der Waals surface area (Å²) in [6.45, 7) is 7.85. The van der Waals surface area contributed by atoms with E-state index in [1.807, 2.05) is 18.7 Å². The summed E-state index contributed by atoms with van der Waals surface area (Å²) in [7, 11) is 0. The number of nitrogen functional groups attached to an aromatic ring is 1. The summed E-state index contributed by atoms with van der Waals surface area (Å²) in [6, 6.07) is 0. The zero-order valence-corrected chi connectivity index (χ0v) is 11.4. The number of hydrogen-bond acceptors (Lipinski definition) is 3. The molecule has 1 aromatic heterocycles. The fraction of sp³-hybridized carbons (Fsp3) is 0.692. The number of anilines is 1. The van der Waals surface area contributed by atoms with E-state index in [9.17, 15) is 4.79 Å². The Labute approximate surface area is 108 Å². The Bertz CT molecular complexity index is 438. The third-order valence-electron chi connectivity index (χ3n) is 3.56. The summed E-state index contributed by atoms with van der Waals surface area (Å²) < 4.78 is 0. The number of nitrogens with one attached hydrogen (secondary N) is 1. The van der Waals surface area contributed by atoms with E-state index < -0.39 is 0 Å². The van der Waals surface area contributed by atoms with E-state index in [1.54, 1.807) is 0 Å². The first-order chi connectivity index (χ1) is 8.50. The van der Waals surface area contributed by atoms with E-state index in [0.29, 0.717) is 17.3 Å². The second-order valence-electron chi connectivity index (χ2n) is 5.55. The summed E-state index contributed by atoms with van der Waals surface area (Å²) in [6.07, 6.45) is 2.26. The molecule has 5 nitrogen and oxygen atoms in total. The third kappa shape index (κ3) is 2.35. The summed E-state index contributed by atoms with van der Waals surface area (Å²) in [4.78, 5) is 14.2. The molecule has 0 spiro atoms. The largest absolute Gasteiger partial charge is 0.395 e. The van der Waals surface area contributed by atoms with Gasteiger partial charge in [-0.15, -0.1) is 0 Å². The van der Waals surface area contributed by atoms with Crippen LogP contribution in [-0.2, 0) is 0 Å². The van der Waals surface area contributed by atoms with Gasteiger partial charge in [0.1, 0.15) is 0 Å². The molecule has 0 saturated carbocycles. The lowest BCUT2D eigenvalue weighted by atomic mass is 10.00. The molecule has 1 saturated heterocycles. The molecule has 1 unspecified atom stereocenters. The predicted molar refractivity (Wildman–Crippen MR) is 71.4 cm³/mol. The number of H-pyrrole nitrogens is 1. The average molecular weight is 250 g/mol. The first kappa shape index (κ1) is 12.9. The number of nitrogens with two attached hydrogens (primary N) is 1. The average Bonchev–Trinajstić information content (AvgIpc) is 2.70. The van der Waals surface area contributed by atoms with Crippen molar-refractivity contribution in [3.8, 4) is 0 Å². The Kier molecular flexibility index (Phi) is 3.59. The van der Waals surface area contributed by atoms with E-state index in [1.165, 1.54) is 6.42 Å². The standard InChI is InChI=1S/C13H22N4O/c1-8(2)11-10(14)12(16-15-11)13(18)17-6-4-5-9(3)7-17/h8-9H,4-7,14H2,1-3H3,(H,15,16). The highest BCUT2D eigenvalue weighted by atomic mass is 16.2. The summed E-state index contributed by atoms with van der Waals surface area (Å²) >= 11 is 0. The molecule has 1 aliphatic rings. The maximum absolute atomic E-state index is 12.4. The van der Waals surface area contributed by atoms with E-state index in [0.717, 1.165) is 25.2 Å². The lowest BCUT2D eigenvalue weighted by Crippen LogP contribution is -2.39. The van der Waals surface area contributed by atoms with Gasteiger partial charge in [-0.25, -0.2) is 0 Å². The summed E-state index contributed by atoms with van der Waals surface area (Å²) in [5.41, 5.74) is 7.75. The predicted octanol–water partition coefficient (Wildman–Crippen LogP) is 1.99. The molecule has 18 heavy (non-hydrogen) atoms. The van der Waals surface area contributed by atoms with Gasteiger partial charge in [-0.2, -0.15) is 5.10 Å². The second kappa shape index (κ2) is 5.00. The van der Waals surface area contributed by atoms with E-state index in [2.05, 4.69) is 17.1 Å². The zero-order chi connectivity index (χ0) is 13.3. The third-order valence-corrected chi connectivity index (χ3v) is 3.56. The minimum Gasteiger partial charge on any atom is -0.395 e. The van der Waals surface area contributed by atoms with Crippen molar-refractivity contribution < 1.29 is 4.79 Å². The molecule has 0 bridgehead atoms. The first-order valence-corrected chi connectivity index (χ1v) is 6.63. The van der Waals surface area contributed by atoms with Gasteiger partial charge >= 0.3 is 0 Å². The van der Waals surface area contributed by atoms with Crippen LogP contribution >= 0.6 is 0 Å². The molecular weight excluding hydrogens is 228 g/mol. The number of hydrogen-bond donors (Lipinski definition) is 2.